The molecule has 2 aliphatic rings. The standard InChI is InChI=1S/C31H41N9O2/c1-21-26(35-31(42)22-7-11-24(12-8-22)37(2)3)6-5-15-40(21)27-20-33-28(29(32)41)30(36-27)34-23-9-13-25(14-10-23)39-18-16-38(4)17-19-39/h7-14,20-21,26H,5-6,15-19H2,1-4H3,(H2,32,41)(H,34,36)(H,35,42)/t21-,26-/m1/s1. The highest BCUT2D eigenvalue weighted by atomic mass is 16.2. The molecule has 0 spiro atoms. The molecule has 42 heavy (non-hydrogen) atoms. The highest BCUT2D eigenvalue weighted by molar-refractivity contribution is 5.96. The number of amides is 2. The molecule has 0 radical (unpaired) electrons. The maximum absolute atomic E-state index is 13.1. The second-order valence-corrected chi connectivity index (χ2v) is 11.3. The summed E-state index contributed by atoms with van der Waals surface area (Å²) < 4.78 is 0. The molecule has 0 bridgehead atoms. The number of hydrogen-bond donors (Lipinski definition) is 3. The number of piperidine rings is 1. The summed E-state index contributed by atoms with van der Waals surface area (Å²) in [6, 6.07) is 15.6. The third-order valence-electron chi connectivity index (χ3n) is 8.24. The van der Waals surface area contributed by atoms with Crippen LogP contribution >= 0.6 is 0 Å². The molecule has 11 nitrogen and oxygen atoms in total. The Morgan fingerprint density at radius 3 is 2.31 bits per heavy atom. The largest absolute Gasteiger partial charge is 0.378 e. The zero-order chi connectivity index (χ0) is 29.8. The first-order valence-electron chi connectivity index (χ1n) is 14.5. The van der Waals surface area contributed by atoms with Crippen LogP contribution in [0.4, 0.5) is 28.7 Å². The van der Waals surface area contributed by atoms with Gasteiger partial charge in [-0.2, -0.15) is 0 Å². The lowest BCUT2D eigenvalue weighted by molar-refractivity contribution is 0.0923. The van der Waals surface area contributed by atoms with Crippen LogP contribution in [-0.4, -0.2) is 92.6 Å². The lowest BCUT2D eigenvalue weighted by atomic mass is 9.97. The van der Waals surface area contributed by atoms with Gasteiger partial charge in [0.05, 0.1) is 6.20 Å². The minimum absolute atomic E-state index is 0.0341. The third kappa shape index (κ3) is 6.57. The second-order valence-electron chi connectivity index (χ2n) is 11.3. The summed E-state index contributed by atoms with van der Waals surface area (Å²) in [5.74, 6) is 0.185. The molecule has 4 N–H and O–H groups in total. The van der Waals surface area contributed by atoms with Gasteiger partial charge in [-0.3, -0.25) is 9.59 Å². The topological polar surface area (TPSA) is 123 Å². The van der Waals surface area contributed by atoms with Crippen molar-refractivity contribution >= 4 is 40.5 Å². The minimum Gasteiger partial charge on any atom is -0.378 e. The Kier molecular flexibility index (Phi) is 8.77. The fourth-order valence-electron chi connectivity index (χ4n) is 5.56. The van der Waals surface area contributed by atoms with Gasteiger partial charge in [0.1, 0.15) is 5.82 Å². The molecule has 2 atom stereocenters. The van der Waals surface area contributed by atoms with Gasteiger partial charge in [-0.1, -0.05) is 0 Å². The van der Waals surface area contributed by atoms with Crippen molar-refractivity contribution < 1.29 is 9.59 Å². The molecule has 1 aromatic heterocycles. The maximum Gasteiger partial charge on any atom is 0.271 e. The predicted octanol–water partition coefficient (Wildman–Crippen LogP) is 2.92. The van der Waals surface area contributed by atoms with Gasteiger partial charge in [0.15, 0.2) is 11.5 Å². The van der Waals surface area contributed by atoms with E-state index in [0.29, 0.717) is 17.2 Å². The zero-order valence-corrected chi connectivity index (χ0v) is 24.9. The van der Waals surface area contributed by atoms with Crippen LogP contribution in [0.5, 0.6) is 0 Å². The van der Waals surface area contributed by atoms with Crippen molar-refractivity contribution in [2.75, 3.05) is 73.9 Å². The number of anilines is 5. The van der Waals surface area contributed by atoms with E-state index in [1.54, 1.807) is 6.20 Å². The molecule has 2 aliphatic heterocycles. The normalized spacial score (nSPS) is 19.3. The number of carbonyl (C=O) groups excluding carboxylic acids is 2. The number of piperazine rings is 1. The molecule has 3 aromatic rings. The van der Waals surface area contributed by atoms with Gasteiger partial charge in [0, 0.05) is 81.5 Å². The van der Waals surface area contributed by atoms with E-state index in [1.807, 2.05) is 55.4 Å². The quantitative estimate of drug-likeness (QED) is 0.375. The van der Waals surface area contributed by atoms with Crippen LogP contribution in [0.15, 0.2) is 54.7 Å². The van der Waals surface area contributed by atoms with Gasteiger partial charge in [-0.25, -0.2) is 9.97 Å². The fourth-order valence-corrected chi connectivity index (χ4v) is 5.56. The first-order valence-corrected chi connectivity index (χ1v) is 14.5. The first kappa shape index (κ1) is 29.1. The number of hydrogen-bond acceptors (Lipinski definition) is 9. The van der Waals surface area contributed by atoms with Crippen LogP contribution in [0.3, 0.4) is 0 Å². The predicted molar refractivity (Wildman–Crippen MR) is 168 cm³/mol. The molecule has 5 rings (SSSR count). The number of likely N-dealkylation sites (N-methyl/N-ethyl adjacent to an activating group) is 1. The van der Waals surface area contributed by atoms with Crippen molar-refractivity contribution in [2.45, 2.75) is 31.8 Å². The Bertz CT molecular complexity index is 1390. The maximum atomic E-state index is 13.1. The number of benzene rings is 2. The van der Waals surface area contributed by atoms with E-state index >= 15 is 0 Å². The summed E-state index contributed by atoms with van der Waals surface area (Å²) in [7, 11) is 6.08. The molecule has 0 unspecified atom stereocenters. The van der Waals surface area contributed by atoms with Crippen LogP contribution in [0, 0.1) is 0 Å². The van der Waals surface area contributed by atoms with Crippen molar-refractivity contribution in [3.05, 3.63) is 66.0 Å². The number of nitrogens with zero attached hydrogens (tertiary/aromatic N) is 6. The molecule has 2 aromatic carbocycles. The third-order valence-corrected chi connectivity index (χ3v) is 8.24. The number of nitrogens with two attached hydrogens (primary N) is 1. The van der Waals surface area contributed by atoms with Crippen molar-refractivity contribution in [2.24, 2.45) is 5.73 Å². The molecule has 0 aliphatic carbocycles. The van der Waals surface area contributed by atoms with Crippen molar-refractivity contribution in [1.82, 2.24) is 20.2 Å². The molecule has 2 fully saturated rings. The van der Waals surface area contributed by atoms with Crippen molar-refractivity contribution in [1.29, 1.82) is 0 Å². The summed E-state index contributed by atoms with van der Waals surface area (Å²) in [5.41, 5.74) is 9.36. The fraction of sp³-hybridized carbons (Fsp3) is 0.419. The van der Waals surface area contributed by atoms with Crippen molar-refractivity contribution in [3.63, 3.8) is 0 Å². The Labute approximate surface area is 247 Å². The summed E-state index contributed by atoms with van der Waals surface area (Å²) in [6.07, 6.45) is 3.32. The lowest BCUT2D eigenvalue weighted by Crippen LogP contribution is -2.54. The SMILES string of the molecule is C[C@@H]1[C@H](NC(=O)c2ccc(N(C)C)cc2)CCCN1c1cnc(C(N)=O)c(Nc2ccc(N3CCN(C)CC3)cc2)n1. The Morgan fingerprint density at radius 1 is 0.976 bits per heavy atom. The highest BCUT2D eigenvalue weighted by Gasteiger charge is 2.31. The summed E-state index contributed by atoms with van der Waals surface area (Å²) in [6.45, 7) is 6.88. The average molecular weight is 572 g/mol. The summed E-state index contributed by atoms with van der Waals surface area (Å²) in [4.78, 5) is 43.3. The number of carbonyl (C=O) groups is 2. The van der Waals surface area contributed by atoms with E-state index in [9.17, 15) is 9.59 Å². The Morgan fingerprint density at radius 2 is 1.67 bits per heavy atom. The lowest BCUT2D eigenvalue weighted by Gasteiger charge is -2.40. The van der Waals surface area contributed by atoms with Crippen LogP contribution in [-0.2, 0) is 0 Å². The molecular weight excluding hydrogens is 530 g/mol. The van der Waals surface area contributed by atoms with Crippen LogP contribution in [0.2, 0.25) is 0 Å². The molecule has 3 heterocycles. The van der Waals surface area contributed by atoms with Crippen LogP contribution in [0.1, 0.15) is 40.6 Å². The Hall–Kier alpha value is -4.38. The van der Waals surface area contributed by atoms with Crippen LogP contribution < -0.4 is 31.1 Å². The van der Waals surface area contributed by atoms with Gasteiger partial charge in [0.25, 0.3) is 11.8 Å². The monoisotopic (exact) mass is 571 g/mol. The molecule has 2 saturated heterocycles. The average Bonchev–Trinajstić information content (AvgIpc) is 2.99. The summed E-state index contributed by atoms with van der Waals surface area (Å²) >= 11 is 0. The van der Waals surface area contributed by atoms with Crippen molar-refractivity contribution in [3.8, 4) is 0 Å². The number of aromatic nitrogens is 2. The van der Waals surface area contributed by atoms with E-state index in [1.165, 1.54) is 0 Å². The first-order chi connectivity index (χ1) is 20.2. The number of nitrogens with one attached hydrogen (secondary N) is 2. The second kappa shape index (κ2) is 12.6. The van der Waals surface area contributed by atoms with E-state index in [2.05, 4.69) is 56.4 Å². The van der Waals surface area contributed by atoms with Gasteiger partial charge >= 0.3 is 0 Å². The van der Waals surface area contributed by atoms with Gasteiger partial charge in [-0.15, -0.1) is 0 Å². The molecule has 2 amide bonds. The van der Waals surface area contributed by atoms with Gasteiger partial charge in [0.2, 0.25) is 0 Å². The number of primary amides is 1. The smallest absolute Gasteiger partial charge is 0.271 e. The Balaban J connectivity index is 1.30. The highest BCUT2D eigenvalue weighted by Crippen LogP contribution is 2.28. The minimum atomic E-state index is -0.650. The van der Waals surface area contributed by atoms with E-state index < -0.39 is 5.91 Å². The molecule has 11 heteroatoms. The number of rotatable bonds is 8. The van der Waals surface area contributed by atoms with Crippen LogP contribution in [0.25, 0.3) is 0 Å². The van der Waals surface area contributed by atoms with E-state index in [-0.39, 0.29) is 23.7 Å². The molecule has 222 valence electrons. The van der Waals surface area contributed by atoms with E-state index in [4.69, 9.17) is 10.7 Å². The zero-order valence-electron chi connectivity index (χ0n) is 24.9. The van der Waals surface area contributed by atoms with Gasteiger partial charge < -0.3 is 36.0 Å². The van der Waals surface area contributed by atoms with E-state index in [0.717, 1.165) is 62.6 Å². The molecule has 0 saturated carbocycles. The van der Waals surface area contributed by atoms with Gasteiger partial charge in [-0.05, 0) is 75.3 Å². The molecular formula is C31H41N9O2. The summed E-state index contributed by atoms with van der Waals surface area (Å²) in [5, 5.41) is 6.48.